The molecule has 136 valence electrons. The van der Waals surface area contributed by atoms with Gasteiger partial charge in [0.15, 0.2) is 17.6 Å². The Labute approximate surface area is 149 Å². The Kier molecular flexibility index (Phi) is 6.44. The molecule has 0 bridgehead atoms. The zero-order chi connectivity index (χ0) is 18.4. The van der Waals surface area contributed by atoms with E-state index in [1.807, 2.05) is 32.0 Å². The van der Waals surface area contributed by atoms with E-state index in [1.54, 1.807) is 25.2 Å². The average molecular weight is 346 g/mol. The summed E-state index contributed by atoms with van der Waals surface area (Å²) in [7, 11) is 3.20. The lowest BCUT2D eigenvalue weighted by Crippen LogP contribution is -2.40. The molecule has 0 fully saturated rings. The molecule has 0 radical (unpaired) electrons. The topological polar surface area (TPSA) is 60.4 Å². The highest BCUT2D eigenvalue weighted by atomic mass is 16.6. The summed E-state index contributed by atoms with van der Waals surface area (Å²) in [6.45, 7) is 8.49. The van der Waals surface area contributed by atoms with Crippen molar-refractivity contribution in [3.05, 3.63) is 36.4 Å². The molecule has 1 amide bonds. The van der Waals surface area contributed by atoms with Crippen LogP contribution in [-0.4, -0.2) is 49.9 Å². The van der Waals surface area contributed by atoms with Gasteiger partial charge in [-0.05, 0) is 18.2 Å². The highest BCUT2D eigenvalue weighted by Crippen LogP contribution is 2.29. The second-order valence-electron chi connectivity index (χ2n) is 6.23. The van der Waals surface area contributed by atoms with E-state index >= 15 is 0 Å². The number of oxime groups is 1. The predicted octanol–water partition coefficient (Wildman–Crippen LogP) is 2.87. The number of hydrogen-bond acceptors (Lipinski definition) is 5. The molecular formula is C19H26N2O4. The molecule has 0 saturated heterocycles. The molecule has 1 aliphatic heterocycles. The first-order chi connectivity index (χ1) is 12.0. The fraction of sp³-hybridized carbons (Fsp3) is 0.474. The predicted molar refractivity (Wildman–Crippen MR) is 97.2 cm³/mol. The molecule has 0 aliphatic carbocycles. The number of methoxy groups -OCH3 is 2. The van der Waals surface area contributed by atoms with Crippen LogP contribution in [0.3, 0.4) is 0 Å². The molecule has 1 aliphatic rings. The van der Waals surface area contributed by atoms with E-state index in [-0.39, 0.29) is 17.9 Å². The van der Waals surface area contributed by atoms with E-state index in [1.165, 1.54) is 0 Å². The van der Waals surface area contributed by atoms with Crippen molar-refractivity contribution in [1.82, 2.24) is 4.90 Å². The minimum absolute atomic E-state index is 0.0624. The molecule has 2 rings (SSSR count). The summed E-state index contributed by atoms with van der Waals surface area (Å²) < 4.78 is 10.6. The van der Waals surface area contributed by atoms with Crippen LogP contribution in [0.1, 0.15) is 25.8 Å². The van der Waals surface area contributed by atoms with Gasteiger partial charge in [0, 0.05) is 24.4 Å². The number of amides is 1. The van der Waals surface area contributed by atoms with Crippen molar-refractivity contribution in [3.8, 4) is 11.5 Å². The third-order valence-electron chi connectivity index (χ3n) is 4.03. The Morgan fingerprint density at radius 3 is 2.72 bits per heavy atom. The monoisotopic (exact) mass is 346 g/mol. The van der Waals surface area contributed by atoms with Crippen LogP contribution in [0.25, 0.3) is 0 Å². The van der Waals surface area contributed by atoms with Crippen molar-refractivity contribution in [2.45, 2.75) is 26.4 Å². The lowest BCUT2D eigenvalue weighted by molar-refractivity contribution is -0.135. The maximum atomic E-state index is 12.3. The number of nitrogens with zero attached hydrogens (tertiary/aromatic N) is 2. The van der Waals surface area contributed by atoms with Gasteiger partial charge >= 0.3 is 0 Å². The van der Waals surface area contributed by atoms with Crippen LogP contribution in [-0.2, 0) is 9.63 Å². The molecule has 1 atom stereocenters. The van der Waals surface area contributed by atoms with Gasteiger partial charge in [-0.3, -0.25) is 4.79 Å². The fourth-order valence-electron chi connectivity index (χ4n) is 2.73. The maximum absolute atomic E-state index is 12.3. The first-order valence-corrected chi connectivity index (χ1v) is 8.34. The van der Waals surface area contributed by atoms with Crippen molar-refractivity contribution < 1.29 is 19.1 Å². The first-order valence-electron chi connectivity index (χ1n) is 8.34. The van der Waals surface area contributed by atoms with E-state index < -0.39 is 0 Å². The van der Waals surface area contributed by atoms with Gasteiger partial charge in [0.2, 0.25) is 5.91 Å². The quantitative estimate of drug-likeness (QED) is 0.679. The van der Waals surface area contributed by atoms with Crippen LogP contribution in [0.15, 0.2) is 36.0 Å². The smallest absolute Gasteiger partial charge is 0.225 e. The second-order valence-corrected chi connectivity index (χ2v) is 6.23. The van der Waals surface area contributed by atoms with Crippen molar-refractivity contribution in [1.29, 1.82) is 0 Å². The van der Waals surface area contributed by atoms with Gasteiger partial charge in [0.1, 0.15) is 0 Å². The van der Waals surface area contributed by atoms with Crippen LogP contribution in [0.2, 0.25) is 0 Å². The molecule has 0 unspecified atom stereocenters. The molecule has 0 saturated carbocycles. The summed E-state index contributed by atoms with van der Waals surface area (Å²) in [5.41, 5.74) is 1.76. The summed E-state index contributed by atoms with van der Waals surface area (Å²) >= 11 is 0. The van der Waals surface area contributed by atoms with E-state index in [4.69, 9.17) is 14.3 Å². The van der Waals surface area contributed by atoms with Crippen molar-refractivity contribution in [2.24, 2.45) is 11.1 Å². The fourth-order valence-corrected chi connectivity index (χ4v) is 2.73. The maximum Gasteiger partial charge on any atom is 0.225 e. The number of benzene rings is 1. The molecule has 1 aromatic rings. The third-order valence-corrected chi connectivity index (χ3v) is 4.03. The van der Waals surface area contributed by atoms with Gasteiger partial charge in [0.05, 0.1) is 26.5 Å². The number of rotatable bonds is 8. The van der Waals surface area contributed by atoms with Gasteiger partial charge in [-0.1, -0.05) is 25.1 Å². The minimum Gasteiger partial charge on any atom is -0.493 e. The van der Waals surface area contributed by atoms with Gasteiger partial charge in [-0.15, -0.1) is 6.58 Å². The van der Waals surface area contributed by atoms with Crippen LogP contribution in [0.5, 0.6) is 11.5 Å². The normalized spacial score (nSPS) is 16.2. The standard InChI is InChI=1S/C19H26N2O4/c1-6-9-21(19(22)13(2)3)12-15-11-16(20-25-15)14-7-8-17(23-4)18(10-14)24-5/h6-8,10,13,15H,1,9,11-12H2,2-5H3/t15-/m1/s1. The lowest BCUT2D eigenvalue weighted by atomic mass is 10.0. The van der Waals surface area contributed by atoms with Crippen LogP contribution >= 0.6 is 0 Å². The molecule has 6 heteroatoms. The molecule has 1 aromatic carbocycles. The van der Waals surface area contributed by atoms with Crippen LogP contribution in [0, 0.1) is 5.92 Å². The Morgan fingerprint density at radius 1 is 1.40 bits per heavy atom. The number of carbonyl (C=O) groups is 1. The van der Waals surface area contributed by atoms with Gasteiger partial charge in [-0.2, -0.15) is 0 Å². The van der Waals surface area contributed by atoms with Gasteiger partial charge in [-0.25, -0.2) is 0 Å². The van der Waals surface area contributed by atoms with Crippen molar-refractivity contribution in [2.75, 3.05) is 27.3 Å². The Hall–Kier alpha value is -2.50. The van der Waals surface area contributed by atoms with Crippen LogP contribution in [0.4, 0.5) is 0 Å². The number of ether oxygens (including phenoxy) is 2. The molecule has 0 aromatic heterocycles. The minimum atomic E-state index is -0.161. The molecule has 6 nitrogen and oxygen atoms in total. The first kappa shape index (κ1) is 18.8. The van der Waals surface area contributed by atoms with E-state index in [0.717, 1.165) is 11.3 Å². The SMILES string of the molecule is C=CCN(C[C@H]1CC(c2ccc(OC)c(OC)c2)=NO1)C(=O)C(C)C. The summed E-state index contributed by atoms with van der Waals surface area (Å²) in [6.07, 6.45) is 2.20. The van der Waals surface area contributed by atoms with E-state index in [9.17, 15) is 4.79 Å². The highest BCUT2D eigenvalue weighted by Gasteiger charge is 2.27. The van der Waals surface area contributed by atoms with E-state index in [0.29, 0.717) is 31.0 Å². The summed E-state index contributed by atoms with van der Waals surface area (Å²) in [5, 5.41) is 4.19. The number of hydrogen-bond donors (Lipinski definition) is 0. The van der Waals surface area contributed by atoms with Crippen LogP contribution < -0.4 is 9.47 Å². The largest absolute Gasteiger partial charge is 0.493 e. The molecule has 0 spiro atoms. The third kappa shape index (κ3) is 4.53. The average Bonchev–Trinajstić information content (AvgIpc) is 3.08. The molecular weight excluding hydrogens is 320 g/mol. The van der Waals surface area contributed by atoms with E-state index in [2.05, 4.69) is 11.7 Å². The highest BCUT2D eigenvalue weighted by molar-refractivity contribution is 6.01. The molecule has 0 N–H and O–H groups in total. The lowest BCUT2D eigenvalue weighted by Gasteiger charge is -2.25. The Balaban J connectivity index is 2.05. The number of carbonyl (C=O) groups excluding carboxylic acids is 1. The second kappa shape index (κ2) is 8.55. The summed E-state index contributed by atoms with van der Waals surface area (Å²) in [5.74, 6) is 1.34. The Morgan fingerprint density at radius 2 is 2.12 bits per heavy atom. The van der Waals surface area contributed by atoms with Crippen molar-refractivity contribution in [3.63, 3.8) is 0 Å². The zero-order valence-electron chi connectivity index (χ0n) is 15.3. The summed E-state index contributed by atoms with van der Waals surface area (Å²) in [6, 6.07) is 5.65. The zero-order valence-corrected chi connectivity index (χ0v) is 15.3. The van der Waals surface area contributed by atoms with Gasteiger partial charge < -0.3 is 19.2 Å². The summed E-state index contributed by atoms with van der Waals surface area (Å²) in [4.78, 5) is 19.6. The molecule has 1 heterocycles. The van der Waals surface area contributed by atoms with Gasteiger partial charge in [0.25, 0.3) is 0 Å². The Bertz CT molecular complexity index is 655. The van der Waals surface area contributed by atoms with Crippen molar-refractivity contribution >= 4 is 11.6 Å². The molecule has 25 heavy (non-hydrogen) atoms.